The summed E-state index contributed by atoms with van der Waals surface area (Å²) < 4.78 is 6.55. The molecule has 0 saturated carbocycles. The molecule has 23 heavy (non-hydrogen) atoms. The van der Waals surface area contributed by atoms with E-state index in [1.54, 1.807) is 0 Å². The lowest BCUT2D eigenvalue weighted by Crippen LogP contribution is -2.39. The molecule has 2 unspecified atom stereocenters. The lowest BCUT2D eigenvalue weighted by Gasteiger charge is -2.28. The van der Waals surface area contributed by atoms with Crippen LogP contribution < -0.4 is 15.4 Å². The lowest BCUT2D eigenvalue weighted by atomic mass is 9.89. The number of anilines is 1. The first kappa shape index (κ1) is 18.6. The molecule has 0 aromatic heterocycles. The second kappa shape index (κ2) is 8.36. The molecule has 0 spiro atoms. The Morgan fingerprint density at radius 1 is 1.35 bits per heavy atom. The van der Waals surface area contributed by atoms with E-state index in [1.165, 1.54) is 12.8 Å². The van der Waals surface area contributed by atoms with E-state index >= 15 is 0 Å². The van der Waals surface area contributed by atoms with Crippen molar-refractivity contribution in [3.8, 4) is 5.75 Å². The number of ether oxygens (including phenoxy) is 1. The molecular weight excluding hydrogens is 380 g/mol. The third kappa shape index (κ3) is 4.85. The molecule has 1 aromatic carbocycles. The Hall–Kier alpha value is -0.780. The van der Waals surface area contributed by atoms with E-state index in [-0.39, 0.29) is 18.3 Å². The minimum Gasteiger partial charge on any atom is -0.492 e. The van der Waals surface area contributed by atoms with Crippen LogP contribution in [-0.2, 0) is 4.79 Å². The molecule has 6 heteroatoms. The number of carbonyl (C=O) groups is 1. The van der Waals surface area contributed by atoms with Crippen molar-refractivity contribution in [2.75, 3.05) is 11.9 Å². The van der Waals surface area contributed by atoms with Gasteiger partial charge in [-0.3, -0.25) is 4.79 Å². The molecule has 0 radical (unpaired) electrons. The molecule has 2 saturated heterocycles. The van der Waals surface area contributed by atoms with Gasteiger partial charge in [0.25, 0.3) is 0 Å². The summed E-state index contributed by atoms with van der Waals surface area (Å²) in [7, 11) is 0. The summed E-state index contributed by atoms with van der Waals surface area (Å²) >= 11 is 3.43. The number of nitrogens with one attached hydrogen (secondary N) is 2. The van der Waals surface area contributed by atoms with Gasteiger partial charge in [-0.05, 0) is 56.7 Å². The van der Waals surface area contributed by atoms with Gasteiger partial charge >= 0.3 is 0 Å². The van der Waals surface area contributed by atoms with E-state index in [4.69, 9.17) is 4.74 Å². The van der Waals surface area contributed by atoms with Crippen LogP contribution in [0.4, 0.5) is 5.69 Å². The largest absolute Gasteiger partial charge is 0.492 e. The average molecular weight is 404 g/mol. The summed E-state index contributed by atoms with van der Waals surface area (Å²) in [5.74, 6) is 1.31. The molecule has 3 rings (SSSR count). The number of hydrogen-bond donors (Lipinski definition) is 2. The molecule has 1 aromatic rings. The number of fused-ring (bicyclic) bond motifs is 2. The van der Waals surface area contributed by atoms with Crippen molar-refractivity contribution < 1.29 is 9.53 Å². The molecule has 4 nitrogen and oxygen atoms in total. The quantitative estimate of drug-likeness (QED) is 0.777. The number of hydrogen-bond acceptors (Lipinski definition) is 3. The molecule has 2 aliphatic rings. The summed E-state index contributed by atoms with van der Waals surface area (Å²) in [5, 5.41) is 6.63. The third-order valence-electron chi connectivity index (χ3n) is 4.56. The summed E-state index contributed by atoms with van der Waals surface area (Å²) in [5.41, 5.74) is 0.756. The number of carbonyl (C=O) groups excluding carboxylic acids is 1. The van der Waals surface area contributed by atoms with Crippen LogP contribution in [0.3, 0.4) is 0 Å². The number of rotatable bonds is 5. The fraction of sp³-hybridized carbons (Fsp3) is 0.588. The first-order valence-electron chi connectivity index (χ1n) is 8.12. The monoisotopic (exact) mass is 402 g/mol. The lowest BCUT2D eigenvalue weighted by molar-refractivity contribution is -0.117. The van der Waals surface area contributed by atoms with Gasteiger partial charge in [0.2, 0.25) is 5.91 Å². The Labute approximate surface area is 152 Å². The SMILES string of the molecule is CCOc1cc(Br)ccc1NC(=O)CC1CC2CCC(C1)N2.Cl. The second-order valence-corrected chi connectivity index (χ2v) is 7.22. The van der Waals surface area contributed by atoms with Crippen molar-refractivity contribution in [1.82, 2.24) is 5.32 Å². The molecule has 2 atom stereocenters. The van der Waals surface area contributed by atoms with Crippen LogP contribution in [-0.4, -0.2) is 24.6 Å². The molecule has 2 fully saturated rings. The molecule has 2 N–H and O–H groups in total. The van der Waals surface area contributed by atoms with Crippen LogP contribution >= 0.6 is 28.3 Å². The predicted molar refractivity (Wildman–Crippen MR) is 98.5 cm³/mol. The predicted octanol–water partition coefficient (Wildman–Crippen LogP) is 4.13. The zero-order valence-electron chi connectivity index (χ0n) is 13.3. The summed E-state index contributed by atoms with van der Waals surface area (Å²) in [6.45, 7) is 2.52. The van der Waals surface area contributed by atoms with Gasteiger partial charge in [0.1, 0.15) is 5.75 Å². The van der Waals surface area contributed by atoms with Crippen LogP contribution in [0.2, 0.25) is 0 Å². The van der Waals surface area contributed by atoms with E-state index in [2.05, 4.69) is 26.6 Å². The van der Waals surface area contributed by atoms with Crippen molar-refractivity contribution in [1.29, 1.82) is 0 Å². The van der Waals surface area contributed by atoms with Gasteiger partial charge in [-0.25, -0.2) is 0 Å². The topological polar surface area (TPSA) is 50.4 Å². The zero-order chi connectivity index (χ0) is 15.5. The van der Waals surface area contributed by atoms with Gasteiger partial charge in [0, 0.05) is 23.0 Å². The van der Waals surface area contributed by atoms with Crippen molar-refractivity contribution in [3.05, 3.63) is 22.7 Å². The van der Waals surface area contributed by atoms with E-state index in [0.717, 1.165) is 28.8 Å². The van der Waals surface area contributed by atoms with Gasteiger partial charge in [-0.2, -0.15) is 0 Å². The highest BCUT2D eigenvalue weighted by molar-refractivity contribution is 9.10. The number of amides is 1. The maximum atomic E-state index is 12.4. The molecule has 2 aliphatic heterocycles. The second-order valence-electron chi connectivity index (χ2n) is 6.30. The summed E-state index contributed by atoms with van der Waals surface area (Å²) in [6.07, 6.45) is 5.40. The molecule has 2 bridgehead atoms. The van der Waals surface area contributed by atoms with Crippen molar-refractivity contribution >= 4 is 39.9 Å². The Morgan fingerprint density at radius 3 is 2.70 bits per heavy atom. The zero-order valence-corrected chi connectivity index (χ0v) is 15.7. The van der Waals surface area contributed by atoms with Gasteiger partial charge < -0.3 is 15.4 Å². The van der Waals surface area contributed by atoms with E-state index < -0.39 is 0 Å². The van der Waals surface area contributed by atoms with Crippen LogP contribution in [0.15, 0.2) is 22.7 Å². The van der Waals surface area contributed by atoms with Gasteiger partial charge in [0.05, 0.1) is 12.3 Å². The number of piperidine rings is 1. The standard InChI is InChI=1S/C17H23BrN2O2.ClH/c1-2-22-16-10-12(18)3-6-15(16)20-17(21)9-11-7-13-4-5-14(8-11)19-13;/h3,6,10-11,13-14,19H,2,4-5,7-9H2,1H3,(H,20,21);1H. The average Bonchev–Trinajstić information content (AvgIpc) is 2.81. The molecule has 0 aliphatic carbocycles. The van der Waals surface area contributed by atoms with Crippen LogP contribution in [0.25, 0.3) is 0 Å². The highest BCUT2D eigenvalue weighted by Crippen LogP contribution is 2.33. The Kier molecular flexibility index (Phi) is 6.74. The third-order valence-corrected chi connectivity index (χ3v) is 5.06. The van der Waals surface area contributed by atoms with Crippen LogP contribution in [0, 0.1) is 5.92 Å². The highest BCUT2D eigenvalue weighted by atomic mass is 79.9. The van der Waals surface area contributed by atoms with Gasteiger partial charge in [-0.15, -0.1) is 12.4 Å². The maximum absolute atomic E-state index is 12.4. The van der Waals surface area contributed by atoms with Gasteiger partial charge in [0.15, 0.2) is 0 Å². The minimum absolute atomic E-state index is 0. The van der Waals surface area contributed by atoms with E-state index in [9.17, 15) is 4.79 Å². The number of benzene rings is 1. The van der Waals surface area contributed by atoms with Crippen molar-refractivity contribution in [2.24, 2.45) is 5.92 Å². The smallest absolute Gasteiger partial charge is 0.224 e. The van der Waals surface area contributed by atoms with Gasteiger partial charge in [-0.1, -0.05) is 15.9 Å². The fourth-order valence-corrected chi connectivity index (χ4v) is 4.02. The minimum atomic E-state index is 0. The summed E-state index contributed by atoms with van der Waals surface area (Å²) in [6, 6.07) is 6.96. The Morgan fingerprint density at radius 2 is 2.04 bits per heavy atom. The molecular formula is C17H24BrClN2O2. The van der Waals surface area contributed by atoms with Crippen molar-refractivity contribution in [3.63, 3.8) is 0 Å². The van der Waals surface area contributed by atoms with Crippen molar-refractivity contribution in [2.45, 2.75) is 51.1 Å². The van der Waals surface area contributed by atoms with Crippen LogP contribution in [0.5, 0.6) is 5.75 Å². The van der Waals surface area contributed by atoms with Crippen LogP contribution in [0.1, 0.15) is 39.0 Å². The maximum Gasteiger partial charge on any atom is 0.224 e. The molecule has 128 valence electrons. The van der Waals surface area contributed by atoms with E-state index in [1.807, 2.05) is 25.1 Å². The summed E-state index contributed by atoms with van der Waals surface area (Å²) in [4.78, 5) is 12.4. The molecule has 2 heterocycles. The Bertz CT molecular complexity index is 543. The first-order valence-corrected chi connectivity index (χ1v) is 8.91. The molecule has 1 amide bonds. The highest BCUT2D eigenvalue weighted by Gasteiger charge is 2.34. The normalized spacial score (nSPS) is 25.6. The Balaban J connectivity index is 0.00000192. The first-order chi connectivity index (χ1) is 10.6. The fourth-order valence-electron chi connectivity index (χ4n) is 3.68. The number of halogens is 2. The van der Waals surface area contributed by atoms with E-state index in [0.29, 0.717) is 31.0 Å².